The van der Waals surface area contributed by atoms with Gasteiger partial charge in [-0.15, -0.1) is 0 Å². The molecular formula is C9H14N2O3S. The van der Waals surface area contributed by atoms with Gasteiger partial charge >= 0.3 is 0 Å². The molecule has 84 valence electrons. The number of pyridine rings is 1. The van der Waals surface area contributed by atoms with Crippen LogP contribution in [0.1, 0.15) is 5.56 Å². The molecule has 1 heterocycles. The van der Waals surface area contributed by atoms with Crippen LogP contribution in [0, 0.1) is 0 Å². The van der Waals surface area contributed by atoms with Gasteiger partial charge in [-0.1, -0.05) is 0 Å². The average Bonchev–Trinajstić information content (AvgIpc) is 2.25. The zero-order valence-corrected chi connectivity index (χ0v) is 9.07. The van der Waals surface area contributed by atoms with Crippen molar-refractivity contribution >= 4 is 10.0 Å². The van der Waals surface area contributed by atoms with Gasteiger partial charge in [0, 0.05) is 18.9 Å². The second-order valence-electron chi connectivity index (χ2n) is 3.04. The largest absolute Gasteiger partial charge is 0.395 e. The Labute approximate surface area is 89.2 Å². The Hall–Kier alpha value is -0.980. The van der Waals surface area contributed by atoms with Crippen LogP contribution in [0.4, 0.5) is 0 Å². The summed E-state index contributed by atoms with van der Waals surface area (Å²) in [4.78, 5) is 3.84. The van der Waals surface area contributed by atoms with Crippen molar-refractivity contribution in [1.29, 1.82) is 0 Å². The lowest BCUT2D eigenvalue weighted by molar-refractivity contribution is 0.301. The molecule has 6 heteroatoms. The van der Waals surface area contributed by atoms with Crippen molar-refractivity contribution in [2.75, 3.05) is 18.9 Å². The average molecular weight is 230 g/mol. The van der Waals surface area contributed by atoms with Crippen LogP contribution in [-0.4, -0.2) is 37.4 Å². The molecular weight excluding hydrogens is 216 g/mol. The Morgan fingerprint density at radius 1 is 1.33 bits per heavy atom. The molecule has 0 aliphatic rings. The Morgan fingerprint density at radius 2 is 2.00 bits per heavy atom. The lowest BCUT2D eigenvalue weighted by Crippen LogP contribution is -2.29. The molecule has 0 aliphatic heterocycles. The van der Waals surface area contributed by atoms with Crippen LogP contribution in [0.5, 0.6) is 0 Å². The van der Waals surface area contributed by atoms with Crippen molar-refractivity contribution in [3.05, 3.63) is 30.1 Å². The maximum absolute atomic E-state index is 11.3. The van der Waals surface area contributed by atoms with Gasteiger partial charge in [-0.05, 0) is 24.1 Å². The van der Waals surface area contributed by atoms with Gasteiger partial charge < -0.3 is 5.11 Å². The van der Waals surface area contributed by atoms with Crippen molar-refractivity contribution in [3.8, 4) is 0 Å². The van der Waals surface area contributed by atoms with Crippen molar-refractivity contribution in [3.63, 3.8) is 0 Å². The minimum absolute atomic E-state index is 0.0248. The number of aliphatic hydroxyl groups excluding tert-OH is 1. The number of rotatable bonds is 6. The van der Waals surface area contributed by atoms with Crippen LogP contribution in [-0.2, 0) is 16.4 Å². The highest BCUT2D eigenvalue weighted by atomic mass is 32.2. The number of nitrogens with one attached hydrogen (secondary N) is 1. The van der Waals surface area contributed by atoms with E-state index in [1.54, 1.807) is 24.5 Å². The third kappa shape index (κ3) is 4.87. The molecule has 0 fully saturated rings. The Kier molecular flexibility index (Phi) is 4.67. The zero-order chi connectivity index (χ0) is 11.1. The normalized spacial score (nSPS) is 11.5. The number of aliphatic hydroxyl groups is 1. The van der Waals surface area contributed by atoms with E-state index in [-0.39, 0.29) is 18.9 Å². The van der Waals surface area contributed by atoms with Crippen molar-refractivity contribution < 1.29 is 13.5 Å². The second-order valence-corrected chi connectivity index (χ2v) is 4.97. The Balaban J connectivity index is 2.43. The number of aryl methyl sites for hydroxylation is 1. The molecule has 5 nitrogen and oxygen atoms in total. The van der Waals surface area contributed by atoms with E-state index in [0.29, 0.717) is 6.42 Å². The molecule has 0 saturated carbocycles. The van der Waals surface area contributed by atoms with Crippen LogP contribution < -0.4 is 4.72 Å². The monoisotopic (exact) mass is 230 g/mol. The maximum Gasteiger partial charge on any atom is 0.211 e. The van der Waals surface area contributed by atoms with Crippen molar-refractivity contribution in [1.82, 2.24) is 9.71 Å². The number of sulfonamides is 1. The third-order valence-electron chi connectivity index (χ3n) is 1.84. The van der Waals surface area contributed by atoms with E-state index < -0.39 is 10.0 Å². The minimum atomic E-state index is -3.27. The number of hydrogen-bond donors (Lipinski definition) is 2. The highest BCUT2D eigenvalue weighted by Gasteiger charge is 2.08. The van der Waals surface area contributed by atoms with E-state index >= 15 is 0 Å². The smallest absolute Gasteiger partial charge is 0.211 e. The van der Waals surface area contributed by atoms with Gasteiger partial charge in [0.05, 0.1) is 12.4 Å². The lowest BCUT2D eigenvalue weighted by atomic mass is 10.2. The molecule has 0 aliphatic carbocycles. The molecule has 0 radical (unpaired) electrons. The predicted molar refractivity (Wildman–Crippen MR) is 56.8 cm³/mol. The summed E-state index contributed by atoms with van der Waals surface area (Å²) in [7, 11) is -3.27. The van der Waals surface area contributed by atoms with Gasteiger partial charge in [0.25, 0.3) is 0 Å². The van der Waals surface area contributed by atoms with Crippen LogP contribution in [0.25, 0.3) is 0 Å². The fourth-order valence-corrected chi connectivity index (χ4v) is 2.13. The van der Waals surface area contributed by atoms with Crippen LogP contribution >= 0.6 is 0 Å². The number of hydrogen-bond acceptors (Lipinski definition) is 4. The molecule has 1 aromatic heterocycles. The third-order valence-corrected chi connectivity index (χ3v) is 3.23. The van der Waals surface area contributed by atoms with Gasteiger partial charge in [0.15, 0.2) is 0 Å². The summed E-state index contributed by atoms with van der Waals surface area (Å²) < 4.78 is 24.9. The van der Waals surface area contributed by atoms with E-state index in [1.165, 1.54) is 0 Å². The topological polar surface area (TPSA) is 79.3 Å². The number of aromatic nitrogens is 1. The predicted octanol–water partition coefficient (Wildman–Crippen LogP) is -0.464. The minimum Gasteiger partial charge on any atom is -0.395 e. The molecule has 0 spiro atoms. The molecule has 2 N–H and O–H groups in total. The summed E-state index contributed by atoms with van der Waals surface area (Å²) in [6, 6.07) is 3.56. The molecule has 0 unspecified atom stereocenters. The highest BCUT2D eigenvalue weighted by Crippen LogP contribution is 1.99. The first-order chi connectivity index (χ1) is 7.14. The first-order valence-electron chi connectivity index (χ1n) is 4.61. The fraction of sp³-hybridized carbons (Fsp3) is 0.444. The fourth-order valence-electron chi connectivity index (χ4n) is 1.07. The molecule has 1 rings (SSSR count). The van der Waals surface area contributed by atoms with Gasteiger partial charge in [0.1, 0.15) is 0 Å². The molecule has 15 heavy (non-hydrogen) atoms. The molecule has 1 aromatic rings. The van der Waals surface area contributed by atoms with Crippen molar-refractivity contribution in [2.45, 2.75) is 6.42 Å². The van der Waals surface area contributed by atoms with Crippen LogP contribution in [0.15, 0.2) is 24.5 Å². The van der Waals surface area contributed by atoms with E-state index in [4.69, 9.17) is 5.11 Å². The number of nitrogens with zero attached hydrogens (tertiary/aromatic N) is 1. The molecule has 0 amide bonds. The van der Waals surface area contributed by atoms with E-state index in [1.807, 2.05) is 0 Å². The van der Waals surface area contributed by atoms with E-state index in [9.17, 15) is 8.42 Å². The quantitative estimate of drug-likeness (QED) is 0.693. The molecule has 0 bridgehead atoms. The van der Waals surface area contributed by atoms with E-state index in [2.05, 4.69) is 9.71 Å². The lowest BCUT2D eigenvalue weighted by Gasteiger charge is -2.04. The molecule has 0 aromatic carbocycles. The highest BCUT2D eigenvalue weighted by molar-refractivity contribution is 7.89. The van der Waals surface area contributed by atoms with Gasteiger partial charge in [0.2, 0.25) is 10.0 Å². The standard InChI is InChI=1S/C9H14N2O3S/c12-7-6-11-15(13,14)8-3-9-1-4-10-5-2-9/h1-2,4-5,11-12H,3,6-8H2. The molecule has 0 saturated heterocycles. The van der Waals surface area contributed by atoms with Gasteiger partial charge in [-0.2, -0.15) is 0 Å². The van der Waals surface area contributed by atoms with Crippen LogP contribution in [0.2, 0.25) is 0 Å². The maximum atomic E-state index is 11.3. The summed E-state index contributed by atoms with van der Waals surface area (Å²) in [6.45, 7) is -0.118. The van der Waals surface area contributed by atoms with Crippen molar-refractivity contribution in [2.24, 2.45) is 0 Å². The summed E-state index contributed by atoms with van der Waals surface area (Å²) >= 11 is 0. The van der Waals surface area contributed by atoms with Gasteiger partial charge in [-0.25, -0.2) is 13.1 Å². The summed E-state index contributed by atoms with van der Waals surface area (Å²) in [6.07, 6.45) is 3.70. The Morgan fingerprint density at radius 3 is 2.60 bits per heavy atom. The van der Waals surface area contributed by atoms with E-state index in [0.717, 1.165) is 5.56 Å². The first kappa shape index (κ1) is 12.1. The molecule has 0 atom stereocenters. The SMILES string of the molecule is O=S(=O)(CCc1ccncc1)NCCO. The summed E-state index contributed by atoms with van der Waals surface area (Å²) in [5, 5.41) is 8.48. The van der Waals surface area contributed by atoms with Crippen LogP contribution in [0.3, 0.4) is 0 Å². The van der Waals surface area contributed by atoms with Gasteiger partial charge in [-0.3, -0.25) is 4.98 Å². The second kappa shape index (κ2) is 5.79. The zero-order valence-electron chi connectivity index (χ0n) is 8.26. The summed E-state index contributed by atoms with van der Waals surface area (Å²) in [5.41, 5.74) is 0.930. The Bertz CT molecular complexity index is 378. The first-order valence-corrected chi connectivity index (χ1v) is 6.26. The summed E-state index contributed by atoms with van der Waals surface area (Å²) in [5.74, 6) is 0.0248.